The van der Waals surface area contributed by atoms with Crippen LogP contribution in [0.1, 0.15) is 15.9 Å². The van der Waals surface area contributed by atoms with E-state index in [4.69, 9.17) is 4.74 Å². The Hall–Kier alpha value is -2.57. The first-order valence-electron chi connectivity index (χ1n) is 5.66. The lowest BCUT2D eigenvalue weighted by atomic mass is 10.1. The molecule has 2 aromatic rings. The molecule has 0 saturated carbocycles. The fourth-order valence-corrected chi connectivity index (χ4v) is 1.57. The van der Waals surface area contributed by atoms with E-state index in [2.05, 4.69) is 0 Å². The number of carboxylic acids is 1. The molecule has 3 nitrogen and oxygen atoms in total. The molecular formula is C14H7F4O3-. The second-order valence-corrected chi connectivity index (χ2v) is 4.07. The van der Waals surface area contributed by atoms with Crippen LogP contribution in [0.5, 0.6) is 5.75 Å². The predicted molar refractivity (Wildman–Crippen MR) is 61.4 cm³/mol. The lowest BCUT2D eigenvalue weighted by Crippen LogP contribution is -2.22. The van der Waals surface area contributed by atoms with Crippen molar-refractivity contribution >= 4 is 5.97 Å². The molecule has 0 bridgehead atoms. The van der Waals surface area contributed by atoms with Crippen LogP contribution in [-0.2, 0) is 6.61 Å². The third-order valence-corrected chi connectivity index (χ3v) is 2.64. The van der Waals surface area contributed by atoms with Crippen LogP contribution in [0.25, 0.3) is 0 Å². The molecule has 0 aliphatic heterocycles. The van der Waals surface area contributed by atoms with Crippen molar-refractivity contribution < 1.29 is 32.2 Å². The van der Waals surface area contributed by atoms with Crippen molar-refractivity contribution in [2.45, 2.75) is 6.61 Å². The Bertz CT molecular complexity index is 657. The Morgan fingerprint density at radius 2 is 1.52 bits per heavy atom. The Morgan fingerprint density at radius 3 is 2.00 bits per heavy atom. The Labute approximate surface area is 116 Å². The predicted octanol–water partition coefficient (Wildman–Crippen LogP) is 2.19. The molecule has 0 spiro atoms. The van der Waals surface area contributed by atoms with Crippen molar-refractivity contribution in [1.82, 2.24) is 0 Å². The number of aromatic carboxylic acids is 1. The highest BCUT2D eigenvalue weighted by molar-refractivity contribution is 5.85. The summed E-state index contributed by atoms with van der Waals surface area (Å²) in [5, 5.41) is 10.5. The van der Waals surface area contributed by atoms with E-state index >= 15 is 0 Å². The third-order valence-electron chi connectivity index (χ3n) is 2.64. The van der Waals surface area contributed by atoms with Crippen LogP contribution < -0.4 is 9.84 Å². The zero-order valence-corrected chi connectivity index (χ0v) is 10.3. The number of hydrogen-bond acceptors (Lipinski definition) is 3. The molecule has 0 heterocycles. The molecule has 7 heteroatoms. The zero-order chi connectivity index (χ0) is 15.6. The molecule has 2 aromatic carbocycles. The third kappa shape index (κ3) is 3.13. The molecule has 21 heavy (non-hydrogen) atoms. The van der Waals surface area contributed by atoms with E-state index < -0.39 is 41.6 Å². The first kappa shape index (κ1) is 14.8. The van der Waals surface area contributed by atoms with Gasteiger partial charge < -0.3 is 14.6 Å². The topological polar surface area (TPSA) is 49.4 Å². The largest absolute Gasteiger partial charge is 0.545 e. The summed E-state index contributed by atoms with van der Waals surface area (Å²) in [6.45, 7) is -0.399. The Morgan fingerprint density at radius 1 is 1.00 bits per heavy atom. The summed E-state index contributed by atoms with van der Waals surface area (Å²) in [6.07, 6.45) is 0. The van der Waals surface area contributed by atoms with Gasteiger partial charge in [-0.1, -0.05) is 24.3 Å². The molecule has 0 unspecified atom stereocenters. The van der Waals surface area contributed by atoms with Gasteiger partial charge in [-0.05, 0) is 11.1 Å². The van der Waals surface area contributed by atoms with Crippen molar-refractivity contribution in [2.24, 2.45) is 0 Å². The van der Waals surface area contributed by atoms with Gasteiger partial charge in [0, 0.05) is 6.07 Å². The Kier molecular flexibility index (Phi) is 4.11. The molecule has 0 aliphatic carbocycles. The lowest BCUT2D eigenvalue weighted by Gasteiger charge is -2.10. The number of carbonyl (C=O) groups excluding carboxylic acids is 1. The minimum Gasteiger partial charge on any atom is -0.545 e. The molecular weight excluding hydrogens is 292 g/mol. The number of carboxylic acid groups (broad SMARTS) is 1. The Balaban J connectivity index is 2.18. The molecule has 0 aliphatic rings. The minimum absolute atomic E-state index is 0.0756. The second kappa shape index (κ2) is 5.82. The average molecular weight is 299 g/mol. The highest BCUT2D eigenvalue weighted by Crippen LogP contribution is 2.27. The summed E-state index contributed by atoms with van der Waals surface area (Å²) in [5.74, 6) is -8.98. The molecule has 0 saturated heterocycles. The number of rotatable bonds is 4. The molecule has 0 N–H and O–H groups in total. The average Bonchev–Trinajstić information content (AvgIpc) is 2.45. The minimum atomic E-state index is -1.64. The van der Waals surface area contributed by atoms with Crippen LogP contribution in [-0.4, -0.2) is 5.97 Å². The highest BCUT2D eigenvalue weighted by Gasteiger charge is 2.20. The standard InChI is InChI=1S/C14H8F4O3/c15-9-5-10(16)12(18)13(11(9)17)21-6-7-1-3-8(4-2-7)14(19)20/h1-5H,6H2,(H,19,20)/p-1. The zero-order valence-electron chi connectivity index (χ0n) is 10.3. The second-order valence-electron chi connectivity index (χ2n) is 4.07. The molecule has 0 aromatic heterocycles. The number of halogens is 4. The van der Waals surface area contributed by atoms with Gasteiger partial charge in [-0.15, -0.1) is 0 Å². The van der Waals surface area contributed by atoms with E-state index in [1.54, 1.807) is 0 Å². The molecule has 0 amide bonds. The first-order chi connectivity index (χ1) is 9.90. The summed E-state index contributed by atoms with van der Waals surface area (Å²) in [6, 6.07) is 5.11. The van der Waals surface area contributed by atoms with Crippen LogP contribution in [0.2, 0.25) is 0 Å². The summed E-state index contributed by atoms with van der Waals surface area (Å²) < 4.78 is 57.3. The van der Waals surface area contributed by atoms with Crippen molar-refractivity contribution in [2.75, 3.05) is 0 Å². The summed E-state index contributed by atoms with van der Waals surface area (Å²) >= 11 is 0. The summed E-state index contributed by atoms with van der Waals surface area (Å²) in [4.78, 5) is 10.5. The van der Waals surface area contributed by atoms with Gasteiger partial charge in [-0.3, -0.25) is 0 Å². The monoisotopic (exact) mass is 299 g/mol. The van der Waals surface area contributed by atoms with Crippen molar-refractivity contribution in [3.8, 4) is 5.75 Å². The van der Waals surface area contributed by atoms with E-state index in [0.29, 0.717) is 5.56 Å². The van der Waals surface area contributed by atoms with Crippen LogP contribution in [0, 0.1) is 23.3 Å². The van der Waals surface area contributed by atoms with Gasteiger partial charge in [0.05, 0.1) is 5.97 Å². The first-order valence-corrected chi connectivity index (χ1v) is 5.66. The van der Waals surface area contributed by atoms with Gasteiger partial charge >= 0.3 is 0 Å². The normalized spacial score (nSPS) is 10.5. The van der Waals surface area contributed by atoms with Crippen LogP contribution in [0.3, 0.4) is 0 Å². The molecule has 0 atom stereocenters. The maximum Gasteiger partial charge on any atom is 0.203 e. The van der Waals surface area contributed by atoms with Gasteiger partial charge in [-0.25, -0.2) is 8.78 Å². The number of benzene rings is 2. The van der Waals surface area contributed by atoms with E-state index in [-0.39, 0.29) is 11.6 Å². The van der Waals surface area contributed by atoms with Crippen LogP contribution in [0.15, 0.2) is 30.3 Å². The van der Waals surface area contributed by atoms with Gasteiger partial charge in [0.1, 0.15) is 6.61 Å². The van der Waals surface area contributed by atoms with Crippen molar-refractivity contribution in [1.29, 1.82) is 0 Å². The summed E-state index contributed by atoms with van der Waals surface area (Å²) in [7, 11) is 0. The van der Waals surface area contributed by atoms with E-state index in [1.165, 1.54) is 24.3 Å². The smallest absolute Gasteiger partial charge is 0.203 e. The van der Waals surface area contributed by atoms with Crippen molar-refractivity contribution in [3.63, 3.8) is 0 Å². The lowest BCUT2D eigenvalue weighted by molar-refractivity contribution is -0.255. The van der Waals surface area contributed by atoms with Gasteiger partial charge in [0.25, 0.3) is 0 Å². The van der Waals surface area contributed by atoms with Gasteiger partial charge in [-0.2, -0.15) is 8.78 Å². The molecule has 2 rings (SSSR count). The number of carbonyl (C=O) groups is 1. The fraction of sp³-hybridized carbons (Fsp3) is 0.0714. The van der Waals surface area contributed by atoms with E-state index in [0.717, 1.165) is 0 Å². The highest BCUT2D eigenvalue weighted by atomic mass is 19.2. The fourth-order valence-electron chi connectivity index (χ4n) is 1.57. The number of hydrogen-bond donors (Lipinski definition) is 0. The van der Waals surface area contributed by atoms with Gasteiger partial charge in [0.2, 0.25) is 11.6 Å². The van der Waals surface area contributed by atoms with E-state index in [9.17, 15) is 27.5 Å². The maximum absolute atomic E-state index is 13.3. The van der Waals surface area contributed by atoms with Crippen molar-refractivity contribution in [3.05, 3.63) is 64.7 Å². The molecule has 0 radical (unpaired) electrons. The quantitative estimate of drug-likeness (QED) is 0.642. The number of ether oxygens (including phenoxy) is 1. The van der Waals surface area contributed by atoms with Crippen LogP contribution in [0.4, 0.5) is 17.6 Å². The molecule has 0 fully saturated rings. The van der Waals surface area contributed by atoms with Crippen LogP contribution >= 0.6 is 0 Å². The molecule has 110 valence electrons. The SMILES string of the molecule is O=C([O-])c1ccc(COc2c(F)c(F)cc(F)c2F)cc1. The maximum atomic E-state index is 13.3. The van der Waals surface area contributed by atoms with E-state index in [1.807, 2.05) is 0 Å². The van der Waals surface area contributed by atoms with Gasteiger partial charge in [0.15, 0.2) is 17.4 Å². The summed E-state index contributed by atoms with van der Waals surface area (Å²) in [5.41, 5.74) is 0.261.